The quantitative estimate of drug-likeness (QED) is 0.406. The smallest absolute Gasteiger partial charge is 0.305 e. The Morgan fingerprint density at radius 2 is 1.65 bits per heavy atom. The van der Waals surface area contributed by atoms with Crippen LogP contribution >= 0.6 is 0 Å². The number of hydrogen-bond acceptors (Lipinski definition) is 2. The summed E-state index contributed by atoms with van der Waals surface area (Å²) in [5.41, 5.74) is 2.65. The fourth-order valence-corrected chi connectivity index (χ4v) is 4.06. The van der Waals surface area contributed by atoms with Crippen LogP contribution in [0.2, 0.25) is 0 Å². The van der Waals surface area contributed by atoms with E-state index in [1.807, 2.05) is 24.3 Å². The maximum atomic E-state index is 13.3. The predicted molar refractivity (Wildman–Crippen MR) is 105 cm³/mol. The van der Waals surface area contributed by atoms with Crippen LogP contribution in [0.3, 0.4) is 0 Å². The Labute approximate surface area is 151 Å². The Bertz CT molecular complexity index is 1220. The van der Waals surface area contributed by atoms with Crippen LogP contribution in [0.25, 0.3) is 27.1 Å². The molecule has 0 amide bonds. The molecule has 26 heavy (non-hydrogen) atoms. The van der Waals surface area contributed by atoms with Gasteiger partial charge in [0.2, 0.25) is 0 Å². The lowest BCUT2D eigenvalue weighted by Crippen LogP contribution is -2.21. The van der Waals surface area contributed by atoms with Gasteiger partial charge in [0.1, 0.15) is 11.3 Å². The van der Waals surface area contributed by atoms with Gasteiger partial charge < -0.3 is 4.74 Å². The zero-order valence-electron chi connectivity index (χ0n) is 14.5. The van der Waals surface area contributed by atoms with Crippen molar-refractivity contribution in [1.29, 1.82) is 0 Å². The average Bonchev–Trinajstić information content (AvgIpc) is 2.71. The number of carbonyl (C=O) groups excluding carboxylic acids is 1. The van der Waals surface area contributed by atoms with E-state index in [2.05, 4.69) is 48.9 Å². The van der Waals surface area contributed by atoms with Crippen LogP contribution in [-0.2, 0) is 6.42 Å². The molecule has 0 radical (unpaired) electrons. The topological polar surface area (TPSA) is 26.3 Å². The first-order valence-corrected chi connectivity index (χ1v) is 8.76. The first-order chi connectivity index (χ1) is 12.8. The summed E-state index contributed by atoms with van der Waals surface area (Å²) in [4.78, 5) is 13.3. The summed E-state index contributed by atoms with van der Waals surface area (Å²) in [5.74, 6) is 0.632. The van der Waals surface area contributed by atoms with Gasteiger partial charge in [0.15, 0.2) is 5.57 Å². The second kappa shape index (κ2) is 5.63. The lowest BCUT2D eigenvalue weighted by atomic mass is 9.84. The molecule has 0 unspecified atom stereocenters. The van der Waals surface area contributed by atoms with Gasteiger partial charge in [-0.2, -0.15) is 0 Å². The number of benzene rings is 4. The van der Waals surface area contributed by atoms with E-state index < -0.39 is 0 Å². The highest BCUT2D eigenvalue weighted by Gasteiger charge is 2.30. The van der Waals surface area contributed by atoms with Gasteiger partial charge in [0.25, 0.3) is 0 Å². The lowest BCUT2D eigenvalue weighted by Gasteiger charge is -2.13. The van der Waals surface area contributed by atoms with Crippen LogP contribution in [0.5, 0.6) is 5.75 Å². The summed E-state index contributed by atoms with van der Waals surface area (Å²) in [6, 6.07) is 22.3. The summed E-state index contributed by atoms with van der Waals surface area (Å²) < 4.78 is 5.40. The van der Waals surface area contributed by atoms with Crippen molar-refractivity contribution in [3.8, 4) is 5.75 Å². The van der Waals surface area contributed by atoms with Crippen molar-refractivity contribution >= 4 is 32.9 Å². The standard InChI is InChI=1S/C24H17O2/c1-26-21-8-3-2-7-20(21)24(25)19-14-12-17-10-9-15-5-4-6-16-11-13-18(19)23(17)22(15)16/h2-11,13-14H,12H2,1H3/q+1. The van der Waals surface area contributed by atoms with E-state index in [0.717, 1.165) is 17.2 Å². The summed E-state index contributed by atoms with van der Waals surface area (Å²) in [6.45, 7) is 0. The molecule has 0 fully saturated rings. The van der Waals surface area contributed by atoms with Gasteiger partial charge in [0.05, 0.1) is 17.7 Å². The number of methoxy groups -OCH3 is 1. The molecule has 0 aliphatic heterocycles. The van der Waals surface area contributed by atoms with E-state index in [1.165, 1.54) is 27.1 Å². The minimum Gasteiger partial charge on any atom is -0.495 e. The van der Waals surface area contributed by atoms with Gasteiger partial charge >= 0.3 is 5.78 Å². The normalized spacial score (nSPS) is 13.0. The highest BCUT2D eigenvalue weighted by Crippen LogP contribution is 2.32. The molecule has 2 nitrogen and oxygen atoms in total. The van der Waals surface area contributed by atoms with E-state index >= 15 is 0 Å². The van der Waals surface area contributed by atoms with Crippen molar-refractivity contribution in [3.05, 3.63) is 89.5 Å². The molecule has 0 aromatic heterocycles. The van der Waals surface area contributed by atoms with Crippen molar-refractivity contribution in [2.24, 2.45) is 0 Å². The Morgan fingerprint density at radius 3 is 2.46 bits per heavy atom. The largest absolute Gasteiger partial charge is 0.495 e. The molecule has 4 aromatic carbocycles. The molecule has 0 bridgehead atoms. The van der Waals surface area contributed by atoms with Gasteiger partial charge in [-0.1, -0.05) is 42.5 Å². The molecular formula is C24H17O2+. The maximum Gasteiger partial charge on any atom is 0.305 e. The minimum absolute atomic E-state index is 0.0177. The Kier molecular flexibility index (Phi) is 3.26. The van der Waals surface area contributed by atoms with Crippen LogP contribution < -0.4 is 9.96 Å². The van der Waals surface area contributed by atoms with Crippen molar-refractivity contribution in [2.75, 3.05) is 7.11 Å². The number of carbonyl (C=O) groups is 1. The second-order valence-corrected chi connectivity index (χ2v) is 6.64. The average molecular weight is 337 g/mol. The highest BCUT2D eigenvalue weighted by atomic mass is 16.5. The number of ketones is 1. The number of ether oxygens (including phenoxy) is 1. The van der Waals surface area contributed by atoms with Gasteiger partial charge in [-0.15, -0.1) is 0 Å². The fourth-order valence-electron chi connectivity index (χ4n) is 4.06. The second-order valence-electron chi connectivity index (χ2n) is 6.64. The van der Waals surface area contributed by atoms with Crippen molar-refractivity contribution in [1.82, 2.24) is 0 Å². The number of Topliss-reactive ketones (excluding diaryl/α,β-unsaturated/α-hetero) is 1. The summed E-state index contributed by atoms with van der Waals surface area (Å²) in [6.07, 6.45) is 2.82. The molecule has 1 aliphatic rings. The third kappa shape index (κ3) is 2.05. The van der Waals surface area contributed by atoms with E-state index in [9.17, 15) is 4.79 Å². The third-order valence-corrected chi connectivity index (χ3v) is 5.28. The molecule has 0 heterocycles. The predicted octanol–water partition coefficient (Wildman–Crippen LogP) is 4.51. The summed E-state index contributed by atoms with van der Waals surface area (Å²) in [7, 11) is 1.60. The third-order valence-electron chi connectivity index (χ3n) is 5.28. The lowest BCUT2D eigenvalue weighted by molar-refractivity contribution is 0.105. The zero-order chi connectivity index (χ0) is 17.7. The molecule has 5 rings (SSSR count). The molecule has 0 saturated carbocycles. The molecular weight excluding hydrogens is 320 g/mol. The molecule has 2 heteroatoms. The van der Waals surface area contributed by atoms with Gasteiger partial charge in [-0.25, -0.2) is 4.79 Å². The Morgan fingerprint density at radius 1 is 0.885 bits per heavy atom. The summed E-state index contributed by atoms with van der Waals surface area (Å²) in [5, 5.41) is 5.91. The van der Waals surface area contributed by atoms with Crippen molar-refractivity contribution in [3.63, 3.8) is 0 Å². The Hall–Kier alpha value is -3.26. The van der Waals surface area contributed by atoms with E-state index in [-0.39, 0.29) is 5.78 Å². The van der Waals surface area contributed by atoms with Gasteiger partial charge in [0, 0.05) is 24.3 Å². The Balaban J connectivity index is 1.86. The zero-order valence-corrected chi connectivity index (χ0v) is 14.5. The number of rotatable bonds is 3. The van der Waals surface area contributed by atoms with Crippen molar-refractivity contribution < 1.29 is 9.53 Å². The molecule has 4 aromatic rings. The monoisotopic (exact) mass is 337 g/mol. The van der Waals surface area contributed by atoms with Gasteiger partial charge in [-0.3, -0.25) is 0 Å². The maximum absolute atomic E-state index is 13.3. The molecule has 0 spiro atoms. The van der Waals surface area contributed by atoms with E-state index in [1.54, 1.807) is 7.11 Å². The van der Waals surface area contributed by atoms with E-state index in [0.29, 0.717) is 11.3 Å². The van der Waals surface area contributed by atoms with E-state index in [4.69, 9.17) is 4.74 Å². The number of para-hydroxylation sites is 1. The molecule has 1 aliphatic carbocycles. The van der Waals surface area contributed by atoms with Crippen LogP contribution in [-0.4, -0.2) is 12.9 Å². The molecule has 0 saturated heterocycles. The highest BCUT2D eigenvalue weighted by molar-refractivity contribution is 6.29. The van der Waals surface area contributed by atoms with Gasteiger partial charge in [-0.05, 0) is 34.5 Å². The first-order valence-electron chi connectivity index (χ1n) is 8.76. The SMILES string of the molecule is COc1ccccc1C(=O)C1=c2ccc3cccc4ccc(c2c43)C[CH+]1. The minimum atomic E-state index is 0.0177. The van der Waals surface area contributed by atoms with Crippen LogP contribution in [0.4, 0.5) is 0 Å². The van der Waals surface area contributed by atoms with Crippen LogP contribution in [0.15, 0.2) is 66.7 Å². The molecule has 0 N–H and O–H groups in total. The fraction of sp³-hybridized carbons (Fsp3) is 0.0833. The first kappa shape index (κ1) is 15.0. The molecule has 0 atom stereocenters. The summed E-state index contributed by atoms with van der Waals surface area (Å²) >= 11 is 0. The van der Waals surface area contributed by atoms with Crippen molar-refractivity contribution in [2.45, 2.75) is 6.42 Å². The van der Waals surface area contributed by atoms with Crippen LogP contribution in [0, 0.1) is 6.42 Å². The molecule has 124 valence electrons. The number of hydrogen-bond donors (Lipinski definition) is 0. The van der Waals surface area contributed by atoms with Crippen LogP contribution in [0.1, 0.15) is 15.9 Å².